The summed E-state index contributed by atoms with van der Waals surface area (Å²) in [7, 11) is 1.55. The number of nitrogens with zero attached hydrogens (tertiary/aromatic N) is 3. The molecule has 2 amide bonds. The SMILES string of the molecule is COc1ccc(NCC(=O)NNC(=O)c2cnn(-c3ccc(C(F)(F)F)cn3)c2C)cc1. The second kappa shape index (κ2) is 9.37. The molecule has 0 saturated carbocycles. The van der Waals surface area contributed by atoms with Crippen LogP contribution >= 0.6 is 0 Å². The Hall–Kier alpha value is -4.09. The maximum absolute atomic E-state index is 12.7. The van der Waals surface area contributed by atoms with E-state index in [4.69, 9.17) is 4.74 Å². The first-order chi connectivity index (χ1) is 15.2. The van der Waals surface area contributed by atoms with Crippen LogP contribution in [0.2, 0.25) is 0 Å². The Bertz CT molecular complexity index is 1100. The van der Waals surface area contributed by atoms with Gasteiger partial charge in [0.25, 0.3) is 11.8 Å². The number of nitrogens with one attached hydrogen (secondary N) is 3. The fraction of sp³-hybridized carbons (Fsp3) is 0.200. The van der Waals surface area contributed by atoms with Crippen LogP contribution in [-0.2, 0) is 11.0 Å². The van der Waals surface area contributed by atoms with Crippen molar-refractivity contribution in [3.8, 4) is 11.6 Å². The largest absolute Gasteiger partial charge is 0.497 e. The predicted molar refractivity (Wildman–Crippen MR) is 108 cm³/mol. The van der Waals surface area contributed by atoms with Crippen LogP contribution < -0.4 is 20.9 Å². The Kier molecular flexibility index (Phi) is 6.61. The Morgan fingerprint density at radius 1 is 1.06 bits per heavy atom. The average molecular weight is 448 g/mol. The molecule has 0 aliphatic rings. The molecule has 1 aromatic carbocycles. The van der Waals surface area contributed by atoms with E-state index in [1.165, 1.54) is 10.9 Å². The van der Waals surface area contributed by atoms with Gasteiger partial charge in [-0.05, 0) is 43.3 Å². The van der Waals surface area contributed by atoms with Gasteiger partial charge in [0.05, 0.1) is 36.7 Å². The number of hydrazine groups is 1. The third-order valence-corrected chi connectivity index (χ3v) is 4.41. The van der Waals surface area contributed by atoms with Gasteiger partial charge < -0.3 is 10.1 Å². The highest BCUT2D eigenvalue weighted by Gasteiger charge is 2.30. The maximum Gasteiger partial charge on any atom is 0.417 e. The van der Waals surface area contributed by atoms with Crippen molar-refractivity contribution in [1.29, 1.82) is 0 Å². The summed E-state index contributed by atoms with van der Waals surface area (Å²) < 4.78 is 44.3. The fourth-order valence-corrected chi connectivity index (χ4v) is 2.67. The molecule has 12 heteroatoms. The number of benzene rings is 1. The molecule has 0 bridgehead atoms. The van der Waals surface area contributed by atoms with Gasteiger partial charge in [-0.2, -0.15) is 18.3 Å². The first-order valence-electron chi connectivity index (χ1n) is 9.24. The van der Waals surface area contributed by atoms with E-state index in [0.29, 0.717) is 23.3 Å². The van der Waals surface area contributed by atoms with E-state index in [0.717, 1.165) is 12.1 Å². The van der Waals surface area contributed by atoms with Gasteiger partial charge >= 0.3 is 6.18 Å². The molecule has 3 N–H and O–H groups in total. The smallest absolute Gasteiger partial charge is 0.417 e. The van der Waals surface area contributed by atoms with Crippen LogP contribution in [0.1, 0.15) is 21.6 Å². The van der Waals surface area contributed by atoms with E-state index in [2.05, 4.69) is 26.3 Å². The molecule has 0 spiro atoms. The average Bonchev–Trinajstić information content (AvgIpc) is 3.17. The number of hydrogen-bond acceptors (Lipinski definition) is 6. The third kappa shape index (κ3) is 5.33. The number of halogens is 3. The minimum atomic E-state index is -4.50. The lowest BCUT2D eigenvalue weighted by molar-refractivity contribution is -0.137. The molecule has 0 fully saturated rings. The van der Waals surface area contributed by atoms with Crippen LogP contribution in [0.3, 0.4) is 0 Å². The maximum atomic E-state index is 12.7. The minimum absolute atomic E-state index is 0.0969. The Balaban J connectivity index is 1.56. The Labute approximate surface area is 180 Å². The molecule has 0 radical (unpaired) electrons. The quantitative estimate of drug-likeness (QED) is 0.500. The summed E-state index contributed by atoms with van der Waals surface area (Å²) in [5.41, 5.74) is 4.79. The van der Waals surface area contributed by atoms with E-state index in [9.17, 15) is 22.8 Å². The lowest BCUT2D eigenvalue weighted by Gasteiger charge is -2.10. The highest BCUT2D eigenvalue weighted by molar-refractivity contribution is 5.96. The molecule has 0 atom stereocenters. The number of hydrogen-bond donors (Lipinski definition) is 3. The fourth-order valence-electron chi connectivity index (χ4n) is 2.67. The van der Waals surface area contributed by atoms with E-state index in [1.807, 2.05) is 0 Å². The molecule has 9 nitrogen and oxygen atoms in total. The van der Waals surface area contributed by atoms with Crippen molar-refractivity contribution in [3.05, 3.63) is 65.6 Å². The van der Waals surface area contributed by atoms with Gasteiger partial charge in [-0.15, -0.1) is 0 Å². The van der Waals surface area contributed by atoms with Crippen LogP contribution in [0.15, 0.2) is 48.8 Å². The first kappa shape index (κ1) is 22.6. The molecule has 2 heterocycles. The van der Waals surface area contributed by atoms with Crippen LogP contribution in [0.25, 0.3) is 5.82 Å². The van der Waals surface area contributed by atoms with Crippen molar-refractivity contribution in [2.24, 2.45) is 0 Å². The second-order valence-corrected chi connectivity index (χ2v) is 6.54. The highest BCUT2D eigenvalue weighted by Crippen LogP contribution is 2.28. The Morgan fingerprint density at radius 2 is 1.78 bits per heavy atom. The third-order valence-electron chi connectivity index (χ3n) is 4.41. The molecular formula is C20H19F3N6O3. The number of pyridine rings is 1. The number of carbonyl (C=O) groups is 2. The van der Waals surface area contributed by atoms with E-state index >= 15 is 0 Å². The Morgan fingerprint density at radius 3 is 2.38 bits per heavy atom. The number of anilines is 1. The number of ether oxygens (including phenoxy) is 1. The molecular weight excluding hydrogens is 429 g/mol. The van der Waals surface area contributed by atoms with Crippen LogP contribution in [0.5, 0.6) is 5.75 Å². The van der Waals surface area contributed by atoms with Gasteiger partial charge in [-0.25, -0.2) is 9.67 Å². The summed E-state index contributed by atoms with van der Waals surface area (Å²) >= 11 is 0. The number of amides is 2. The van der Waals surface area contributed by atoms with Crippen LogP contribution in [0, 0.1) is 6.92 Å². The van der Waals surface area contributed by atoms with Crippen molar-refractivity contribution in [3.63, 3.8) is 0 Å². The first-order valence-corrected chi connectivity index (χ1v) is 9.24. The summed E-state index contributed by atoms with van der Waals surface area (Å²) in [5, 5.41) is 6.88. The van der Waals surface area contributed by atoms with Crippen molar-refractivity contribution in [1.82, 2.24) is 25.6 Å². The molecule has 0 aliphatic carbocycles. The highest BCUT2D eigenvalue weighted by atomic mass is 19.4. The molecule has 168 valence electrons. The van der Waals surface area contributed by atoms with Crippen molar-refractivity contribution in [2.75, 3.05) is 19.0 Å². The molecule has 2 aromatic heterocycles. The lowest BCUT2D eigenvalue weighted by atomic mass is 10.2. The zero-order valence-electron chi connectivity index (χ0n) is 17.0. The predicted octanol–water partition coefficient (Wildman–Crippen LogP) is 2.48. The minimum Gasteiger partial charge on any atom is -0.497 e. The van der Waals surface area contributed by atoms with Gasteiger partial charge in [-0.3, -0.25) is 20.4 Å². The number of carbonyl (C=O) groups excluding carboxylic acids is 2. The summed E-state index contributed by atoms with van der Waals surface area (Å²) in [4.78, 5) is 28.1. The van der Waals surface area contributed by atoms with Crippen molar-refractivity contribution >= 4 is 17.5 Å². The molecule has 3 aromatic rings. The van der Waals surface area contributed by atoms with Crippen molar-refractivity contribution < 1.29 is 27.5 Å². The summed E-state index contributed by atoms with van der Waals surface area (Å²) in [6.45, 7) is 1.45. The molecule has 0 unspecified atom stereocenters. The lowest BCUT2D eigenvalue weighted by Crippen LogP contribution is -2.44. The number of methoxy groups -OCH3 is 1. The monoisotopic (exact) mass is 448 g/mol. The van der Waals surface area contributed by atoms with E-state index in [1.54, 1.807) is 38.3 Å². The topological polar surface area (TPSA) is 110 Å². The van der Waals surface area contributed by atoms with Gasteiger partial charge in [0.15, 0.2) is 5.82 Å². The number of rotatable bonds is 6. The van der Waals surface area contributed by atoms with Gasteiger partial charge in [0.1, 0.15) is 5.75 Å². The zero-order valence-corrected chi connectivity index (χ0v) is 17.0. The van der Waals surface area contributed by atoms with Crippen LogP contribution in [-0.4, -0.2) is 40.2 Å². The number of aromatic nitrogens is 3. The zero-order chi connectivity index (χ0) is 23.3. The molecule has 3 rings (SSSR count). The standard InChI is InChI=1S/C20H19F3N6O3/c1-12-16(10-26-29(12)17-8-3-13(9-25-17)20(21,22)23)19(31)28-27-18(30)11-24-14-4-6-15(32-2)7-5-14/h3-10,24H,11H2,1-2H3,(H,27,30)(H,28,31). The summed E-state index contributed by atoms with van der Waals surface area (Å²) in [6, 6.07) is 8.95. The molecule has 0 saturated heterocycles. The van der Waals surface area contributed by atoms with E-state index in [-0.39, 0.29) is 17.9 Å². The molecule has 32 heavy (non-hydrogen) atoms. The van der Waals surface area contributed by atoms with Gasteiger partial charge in [0, 0.05) is 11.9 Å². The van der Waals surface area contributed by atoms with Crippen LogP contribution in [0.4, 0.5) is 18.9 Å². The summed E-state index contributed by atoms with van der Waals surface area (Å²) in [6.07, 6.45) is -2.59. The van der Waals surface area contributed by atoms with E-state index < -0.39 is 23.6 Å². The second-order valence-electron chi connectivity index (χ2n) is 6.54. The summed E-state index contributed by atoms with van der Waals surface area (Å²) in [5.74, 6) is -0.348. The normalized spacial score (nSPS) is 11.0. The van der Waals surface area contributed by atoms with Gasteiger partial charge in [-0.1, -0.05) is 0 Å². The molecule has 0 aliphatic heterocycles. The van der Waals surface area contributed by atoms with Gasteiger partial charge in [0.2, 0.25) is 0 Å². The number of alkyl halides is 3. The van der Waals surface area contributed by atoms with Crippen molar-refractivity contribution in [2.45, 2.75) is 13.1 Å².